The van der Waals surface area contributed by atoms with Gasteiger partial charge in [0, 0.05) is 11.7 Å². The molecule has 2 amide bonds. The van der Waals surface area contributed by atoms with Crippen LogP contribution in [0.4, 0.5) is 5.69 Å². The summed E-state index contributed by atoms with van der Waals surface area (Å²) in [5, 5.41) is 5.95. The van der Waals surface area contributed by atoms with Crippen molar-refractivity contribution in [3.63, 3.8) is 0 Å². The third-order valence-electron chi connectivity index (χ3n) is 4.45. The second kappa shape index (κ2) is 4.86. The van der Waals surface area contributed by atoms with E-state index in [2.05, 4.69) is 10.6 Å². The van der Waals surface area contributed by atoms with E-state index in [-0.39, 0.29) is 11.8 Å². The molecule has 0 aromatic heterocycles. The highest BCUT2D eigenvalue weighted by atomic mass is 16.2. The molecule has 2 fully saturated rings. The Morgan fingerprint density at radius 2 is 1.62 bits per heavy atom. The van der Waals surface area contributed by atoms with Gasteiger partial charge in [-0.2, -0.15) is 0 Å². The minimum Gasteiger partial charge on any atom is -0.352 e. The van der Waals surface area contributed by atoms with E-state index in [9.17, 15) is 9.59 Å². The molecule has 2 saturated carbocycles. The summed E-state index contributed by atoms with van der Waals surface area (Å²) in [6.45, 7) is 6.01. The molecule has 21 heavy (non-hydrogen) atoms. The van der Waals surface area contributed by atoms with Crippen LogP contribution in [0.1, 0.15) is 42.4 Å². The minimum atomic E-state index is -0.827. The monoisotopic (exact) mass is 286 g/mol. The maximum atomic E-state index is 12.6. The van der Waals surface area contributed by atoms with Crippen LogP contribution in [-0.2, 0) is 9.59 Å². The van der Waals surface area contributed by atoms with Crippen molar-refractivity contribution < 1.29 is 9.59 Å². The largest absolute Gasteiger partial charge is 0.352 e. The van der Waals surface area contributed by atoms with Gasteiger partial charge in [-0.15, -0.1) is 0 Å². The quantitative estimate of drug-likeness (QED) is 0.836. The van der Waals surface area contributed by atoms with Crippen LogP contribution in [-0.4, -0.2) is 17.9 Å². The standard InChI is InChI=1S/C17H22N2O2/c1-10-8-11(2)14(12(3)9-10)19-16(21)17(6-7-17)15(20)18-13-4-5-13/h8-9,13H,4-7H2,1-3H3,(H,18,20)(H,19,21). The number of hydrogen-bond donors (Lipinski definition) is 2. The van der Waals surface area contributed by atoms with Gasteiger partial charge in [-0.25, -0.2) is 0 Å². The second-order valence-electron chi connectivity index (χ2n) is 6.56. The van der Waals surface area contributed by atoms with Gasteiger partial charge >= 0.3 is 0 Å². The van der Waals surface area contributed by atoms with Crippen LogP contribution in [0.25, 0.3) is 0 Å². The smallest absolute Gasteiger partial charge is 0.240 e. The maximum absolute atomic E-state index is 12.6. The van der Waals surface area contributed by atoms with Gasteiger partial charge in [-0.05, 0) is 57.6 Å². The van der Waals surface area contributed by atoms with E-state index in [1.165, 1.54) is 5.56 Å². The van der Waals surface area contributed by atoms with Crippen molar-refractivity contribution in [3.8, 4) is 0 Å². The minimum absolute atomic E-state index is 0.0927. The van der Waals surface area contributed by atoms with Crippen LogP contribution in [0.2, 0.25) is 0 Å². The molecule has 0 bridgehead atoms. The molecule has 0 heterocycles. The number of benzene rings is 1. The van der Waals surface area contributed by atoms with Gasteiger partial charge in [-0.1, -0.05) is 17.7 Å². The third kappa shape index (κ3) is 2.67. The Kier molecular flexibility index (Phi) is 3.27. The molecule has 0 spiro atoms. The highest BCUT2D eigenvalue weighted by Gasteiger charge is 2.57. The number of nitrogens with one attached hydrogen (secondary N) is 2. The highest BCUT2D eigenvalue weighted by Crippen LogP contribution is 2.47. The lowest BCUT2D eigenvalue weighted by atomic mass is 10.0. The fourth-order valence-electron chi connectivity index (χ4n) is 2.84. The molecule has 0 unspecified atom stereocenters. The van der Waals surface area contributed by atoms with Crippen molar-refractivity contribution in [2.45, 2.75) is 52.5 Å². The van der Waals surface area contributed by atoms with E-state index < -0.39 is 5.41 Å². The van der Waals surface area contributed by atoms with Crippen molar-refractivity contribution in [2.75, 3.05) is 5.32 Å². The first kappa shape index (κ1) is 14.1. The molecule has 1 aromatic carbocycles. The molecule has 2 aliphatic rings. The Morgan fingerprint density at radius 1 is 1.05 bits per heavy atom. The summed E-state index contributed by atoms with van der Waals surface area (Å²) < 4.78 is 0. The summed E-state index contributed by atoms with van der Waals surface area (Å²) in [6, 6.07) is 4.39. The first-order valence-electron chi connectivity index (χ1n) is 7.63. The molecular formula is C17H22N2O2. The number of carbonyl (C=O) groups excluding carboxylic acids is 2. The number of amides is 2. The van der Waals surface area contributed by atoms with Crippen LogP contribution in [0, 0.1) is 26.2 Å². The lowest BCUT2D eigenvalue weighted by molar-refractivity contribution is -0.134. The second-order valence-corrected chi connectivity index (χ2v) is 6.56. The fraction of sp³-hybridized carbons (Fsp3) is 0.529. The lowest BCUT2D eigenvalue weighted by Gasteiger charge is -2.18. The number of hydrogen-bond acceptors (Lipinski definition) is 2. The Hall–Kier alpha value is -1.84. The molecule has 3 rings (SSSR count). The molecule has 0 saturated heterocycles. The molecule has 4 heteroatoms. The van der Waals surface area contributed by atoms with Gasteiger partial charge in [-0.3, -0.25) is 9.59 Å². The molecule has 2 aliphatic carbocycles. The highest BCUT2D eigenvalue weighted by molar-refractivity contribution is 6.13. The van der Waals surface area contributed by atoms with Crippen molar-refractivity contribution >= 4 is 17.5 Å². The zero-order valence-corrected chi connectivity index (χ0v) is 12.9. The van der Waals surface area contributed by atoms with Gasteiger partial charge in [0.25, 0.3) is 0 Å². The summed E-state index contributed by atoms with van der Waals surface area (Å²) in [7, 11) is 0. The average Bonchev–Trinajstić information content (AvgIpc) is 3.25. The molecule has 112 valence electrons. The molecule has 1 aromatic rings. The van der Waals surface area contributed by atoms with E-state index >= 15 is 0 Å². The Labute approximate surface area is 125 Å². The predicted octanol–water partition coefficient (Wildman–Crippen LogP) is 2.61. The summed E-state index contributed by atoms with van der Waals surface area (Å²) in [5.74, 6) is -0.249. The normalized spacial score (nSPS) is 19.0. The lowest BCUT2D eigenvalue weighted by Crippen LogP contribution is -2.41. The molecule has 0 atom stereocenters. The predicted molar refractivity (Wildman–Crippen MR) is 82.1 cm³/mol. The Morgan fingerprint density at radius 3 is 2.10 bits per heavy atom. The van der Waals surface area contributed by atoms with Crippen molar-refractivity contribution in [3.05, 3.63) is 28.8 Å². The van der Waals surface area contributed by atoms with Gasteiger partial charge in [0.2, 0.25) is 11.8 Å². The fourth-order valence-corrected chi connectivity index (χ4v) is 2.84. The van der Waals surface area contributed by atoms with E-state index in [1.807, 2.05) is 32.9 Å². The summed E-state index contributed by atoms with van der Waals surface area (Å²) in [5.41, 5.74) is 3.28. The van der Waals surface area contributed by atoms with Crippen LogP contribution in [0.15, 0.2) is 12.1 Å². The molecule has 0 aliphatic heterocycles. The van der Waals surface area contributed by atoms with E-state index in [0.717, 1.165) is 29.7 Å². The zero-order chi connectivity index (χ0) is 15.2. The summed E-state index contributed by atoms with van der Waals surface area (Å²) in [6.07, 6.45) is 3.39. The van der Waals surface area contributed by atoms with E-state index in [4.69, 9.17) is 0 Å². The number of carbonyl (C=O) groups is 2. The van der Waals surface area contributed by atoms with E-state index in [0.29, 0.717) is 18.9 Å². The van der Waals surface area contributed by atoms with Gasteiger partial charge in [0.05, 0.1) is 0 Å². The first-order valence-corrected chi connectivity index (χ1v) is 7.63. The topological polar surface area (TPSA) is 58.2 Å². The van der Waals surface area contributed by atoms with E-state index in [1.54, 1.807) is 0 Å². The molecule has 4 nitrogen and oxygen atoms in total. The Bertz CT molecular complexity index is 590. The van der Waals surface area contributed by atoms with Crippen LogP contribution >= 0.6 is 0 Å². The number of anilines is 1. The van der Waals surface area contributed by atoms with Crippen molar-refractivity contribution in [2.24, 2.45) is 5.41 Å². The summed E-state index contributed by atoms with van der Waals surface area (Å²) in [4.78, 5) is 24.8. The molecule has 0 radical (unpaired) electrons. The maximum Gasteiger partial charge on any atom is 0.240 e. The van der Waals surface area contributed by atoms with Crippen molar-refractivity contribution in [1.29, 1.82) is 0 Å². The Balaban J connectivity index is 1.75. The van der Waals surface area contributed by atoms with Gasteiger partial charge < -0.3 is 10.6 Å². The van der Waals surface area contributed by atoms with Gasteiger partial charge in [0.1, 0.15) is 5.41 Å². The van der Waals surface area contributed by atoms with Crippen LogP contribution < -0.4 is 10.6 Å². The number of rotatable bonds is 4. The van der Waals surface area contributed by atoms with Crippen molar-refractivity contribution in [1.82, 2.24) is 5.32 Å². The summed E-state index contributed by atoms with van der Waals surface area (Å²) >= 11 is 0. The first-order chi connectivity index (χ1) is 9.92. The third-order valence-corrected chi connectivity index (χ3v) is 4.45. The zero-order valence-electron chi connectivity index (χ0n) is 12.9. The van der Waals surface area contributed by atoms with Gasteiger partial charge in [0.15, 0.2) is 0 Å². The molecule has 2 N–H and O–H groups in total. The average molecular weight is 286 g/mol. The van der Waals surface area contributed by atoms with Crippen LogP contribution in [0.3, 0.4) is 0 Å². The van der Waals surface area contributed by atoms with Crippen LogP contribution in [0.5, 0.6) is 0 Å². The number of aryl methyl sites for hydroxylation is 3. The SMILES string of the molecule is Cc1cc(C)c(NC(=O)C2(C(=O)NC3CC3)CC2)c(C)c1. The molecular weight excluding hydrogens is 264 g/mol.